The number of carboxylic acids is 1. The summed E-state index contributed by atoms with van der Waals surface area (Å²) < 4.78 is 1.77. The van der Waals surface area contributed by atoms with Gasteiger partial charge in [0.05, 0.1) is 23.9 Å². The van der Waals surface area contributed by atoms with E-state index in [1.54, 1.807) is 16.3 Å². The van der Waals surface area contributed by atoms with E-state index < -0.39 is 5.97 Å². The fourth-order valence-corrected chi connectivity index (χ4v) is 2.26. The third-order valence-electron chi connectivity index (χ3n) is 2.35. The number of carboxylic acid groups (broad SMARTS) is 1. The minimum Gasteiger partial charge on any atom is -0.481 e. The van der Waals surface area contributed by atoms with E-state index in [1.165, 1.54) is 11.3 Å². The molecule has 2 aromatic heterocycles. The summed E-state index contributed by atoms with van der Waals surface area (Å²) in [4.78, 5) is 14.8. The molecule has 0 atom stereocenters. The predicted molar refractivity (Wildman–Crippen MR) is 60.4 cm³/mol. The van der Waals surface area contributed by atoms with Gasteiger partial charge < -0.3 is 5.11 Å². The summed E-state index contributed by atoms with van der Waals surface area (Å²) in [5.74, 6) is -0.861. The third-order valence-corrected chi connectivity index (χ3v) is 3.27. The first-order valence-electron chi connectivity index (χ1n) is 4.73. The molecule has 0 aliphatic heterocycles. The molecule has 0 saturated heterocycles. The van der Waals surface area contributed by atoms with Gasteiger partial charge in [-0.25, -0.2) is 4.98 Å². The molecular weight excluding hydrogens is 226 g/mol. The first-order chi connectivity index (χ1) is 7.58. The van der Waals surface area contributed by atoms with Gasteiger partial charge in [0.2, 0.25) is 0 Å². The van der Waals surface area contributed by atoms with Crippen molar-refractivity contribution in [3.05, 3.63) is 23.0 Å². The van der Waals surface area contributed by atoms with Gasteiger partial charge in [0.15, 0.2) is 0 Å². The van der Waals surface area contributed by atoms with Gasteiger partial charge in [0, 0.05) is 18.1 Å². The van der Waals surface area contributed by atoms with Crippen LogP contribution < -0.4 is 0 Å². The molecule has 5 nitrogen and oxygen atoms in total. The zero-order chi connectivity index (χ0) is 11.7. The lowest BCUT2D eigenvalue weighted by molar-refractivity contribution is -0.136. The number of aliphatic carboxylic acids is 1. The summed E-state index contributed by atoms with van der Waals surface area (Å²) >= 11 is 1.44. The largest absolute Gasteiger partial charge is 0.481 e. The van der Waals surface area contributed by atoms with Crippen molar-refractivity contribution in [2.45, 2.75) is 13.3 Å². The van der Waals surface area contributed by atoms with Crippen LogP contribution >= 0.6 is 11.3 Å². The Bertz CT molecular complexity index is 530. The first kappa shape index (κ1) is 10.8. The number of thiazole rings is 1. The Morgan fingerprint density at radius 1 is 1.62 bits per heavy atom. The van der Waals surface area contributed by atoms with E-state index in [4.69, 9.17) is 5.11 Å². The molecule has 0 radical (unpaired) electrons. The van der Waals surface area contributed by atoms with Gasteiger partial charge in [-0.15, -0.1) is 11.3 Å². The van der Waals surface area contributed by atoms with Gasteiger partial charge in [-0.05, 0) is 6.92 Å². The summed E-state index contributed by atoms with van der Waals surface area (Å²) in [6.07, 6.45) is 1.72. The molecule has 2 aromatic rings. The van der Waals surface area contributed by atoms with Crippen LogP contribution in [0, 0.1) is 6.92 Å². The lowest BCUT2D eigenvalue weighted by atomic mass is 10.3. The summed E-state index contributed by atoms with van der Waals surface area (Å²) in [5.41, 5.74) is 2.58. The highest BCUT2D eigenvalue weighted by Gasteiger charge is 2.12. The molecule has 2 rings (SSSR count). The van der Waals surface area contributed by atoms with Crippen molar-refractivity contribution in [2.75, 3.05) is 0 Å². The summed E-state index contributed by atoms with van der Waals surface area (Å²) in [6, 6.07) is 0. The fraction of sp³-hybridized carbons (Fsp3) is 0.300. The molecule has 0 bridgehead atoms. The number of aryl methyl sites for hydroxylation is 1. The monoisotopic (exact) mass is 237 g/mol. The molecule has 6 heteroatoms. The normalized spacial score (nSPS) is 10.6. The smallest absolute Gasteiger partial charge is 0.309 e. The van der Waals surface area contributed by atoms with Crippen LogP contribution in [0.5, 0.6) is 0 Å². The second kappa shape index (κ2) is 4.05. The SMILES string of the molecule is Cc1c(-c2nc(CC(=O)O)cs2)cnn1C. The maximum absolute atomic E-state index is 10.5. The molecule has 0 unspecified atom stereocenters. The van der Waals surface area contributed by atoms with E-state index in [0.29, 0.717) is 5.69 Å². The Hall–Kier alpha value is -1.69. The molecule has 16 heavy (non-hydrogen) atoms. The average molecular weight is 237 g/mol. The minimum absolute atomic E-state index is 0.0319. The van der Waals surface area contributed by atoms with Crippen molar-refractivity contribution in [3.8, 4) is 10.6 Å². The number of hydrogen-bond donors (Lipinski definition) is 1. The van der Waals surface area contributed by atoms with Gasteiger partial charge in [-0.3, -0.25) is 9.48 Å². The van der Waals surface area contributed by atoms with Gasteiger partial charge in [0.25, 0.3) is 0 Å². The third kappa shape index (κ3) is 1.96. The zero-order valence-electron chi connectivity index (χ0n) is 8.97. The first-order valence-corrected chi connectivity index (χ1v) is 5.61. The summed E-state index contributed by atoms with van der Waals surface area (Å²) in [5, 5.41) is 15.4. The van der Waals surface area contributed by atoms with Crippen LogP contribution in [-0.4, -0.2) is 25.8 Å². The van der Waals surface area contributed by atoms with Crippen LogP contribution in [0.3, 0.4) is 0 Å². The predicted octanol–water partition coefficient (Wildman–Crippen LogP) is 1.48. The Morgan fingerprint density at radius 3 is 2.94 bits per heavy atom. The summed E-state index contributed by atoms with van der Waals surface area (Å²) in [7, 11) is 1.87. The number of carbonyl (C=O) groups is 1. The number of aromatic nitrogens is 3. The van der Waals surface area contributed by atoms with Gasteiger partial charge in [-0.1, -0.05) is 0 Å². The number of rotatable bonds is 3. The Morgan fingerprint density at radius 2 is 2.38 bits per heavy atom. The van der Waals surface area contributed by atoms with Crippen molar-refractivity contribution in [2.24, 2.45) is 7.05 Å². The second-order valence-electron chi connectivity index (χ2n) is 3.48. The zero-order valence-corrected chi connectivity index (χ0v) is 9.78. The van der Waals surface area contributed by atoms with Crippen LogP contribution in [0.4, 0.5) is 0 Å². The molecule has 2 heterocycles. The Balaban J connectivity index is 2.31. The van der Waals surface area contributed by atoms with E-state index in [2.05, 4.69) is 10.1 Å². The Kier molecular flexibility index (Phi) is 2.74. The highest BCUT2D eigenvalue weighted by molar-refractivity contribution is 7.13. The molecule has 0 saturated carbocycles. The molecule has 0 fully saturated rings. The van der Waals surface area contributed by atoms with Gasteiger partial charge in [0.1, 0.15) is 5.01 Å². The van der Waals surface area contributed by atoms with E-state index in [1.807, 2.05) is 14.0 Å². The van der Waals surface area contributed by atoms with Crippen molar-refractivity contribution < 1.29 is 9.90 Å². The van der Waals surface area contributed by atoms with Crippen molar-refractivity contribution in [1.82, 2.24) is 14.8 Å². The summed E-state index contributed by atoms with van der Waals surface area (Å²) in [6.45, 7) is 1.96. The Labute approximate surface area is 96.4 Å². The van der Waals surface area contributed by atoms with E-state index >= 15 is 0 Å². The van der Waals surface area contributed by atoms with Gasteiger partial charge in [-0.2, -0.15) is 5.10 Å². The van der Waals surface area contributed by atoms with Crippen LogP contribution in [0.25, 0.3) is 10.6 Å². The topological polar surface area (TPSA) is 68.0 Å². The maximum atomic E-state index is 10.5. The lowest BCUT2D eigenvalue weighted by Gasteiger charge is -1.95. The van der Waals surface area contributed by atoms with E-state index in [-0.39, 0.29) is 6.42 Å². The van der Waals surface area contributed by atoms with Crippen molar-refractivity contribution in [3.63, 3.8) is 0 Å². The van der Waals surface area contributed by atoms with E-state index in [0.717, 1.165) is 16.3 Å². The maximum Gasteiger partial charge on any atom is 0.309 e. The molecular formula is C10H11N3O2S. The van der Waals surface area contributed by atoms with E-state index in [9.17, 15) is 4.79 Å². The quantitative estimate of drug-likeness (QED) is 0.878. The molecule has 84 valence electrons. The highest BCUT2D eigenvalue weighted by Crippen LogP contribution is 2.26. The average Bonchev–Trinajstić information content (AvgIpc) is 2.75. The molecule has 0 spiro atoms. The van der Waals surface area contributed by atoms with Gasteiger partial charge >= 0.3 is 5.97 Å². The van der Waals surface area contributed by atoms with Crippen LogP contribution in [0.2, 0.25) is 0 Å². The van der Waals surface area contributed by atoms with Crippen molar-refractivity contribution >= 4 is 17.3 Å². The fourth-order valence-electron chi connectivity index (χ4n) is 1.38. The number of hydrogen-bond acceptors (Lipinski definition) is 4. The molecule has 0 aromatic carbocycles. The highest BCUT2D eigenvalue weighted by atomic mass is 32.1. The molecule has 1 N–H and O–H groups in total. The second-order valence-corrected chi connectivity index (χ2v) is 4.34. The van der Waals surface area contributed by atoms with Crippen molar-refractivity contribution in [1.29, 1.82) is 0 Å². The molecule has 0 aliphatic carbocycles. The molecule has 0 amide bonds. The minimum atomic E-state index is -0.861. The molecule has 0 aliphatic rings. The van der Waals surface area contributed by atoms with Crippen LogP contribution in [0.1, 0.15) is 11.4 Å². The van der Waals surface area contributed by atoms with Crippen LogP contribution in [0.15, 0.2) is 11.6 Å². The standard InChI is InChI=1S/C10H11N3O2S/c1-6-8(4-11-13(6)2)10-12-7(5-16-10)3-9(14)15/h4-5H,3H2,1-2H3,(H,14,15). The van der Waals surface area contributed by atoms with Crippen LogP contribution in [-0.2, 0) is 18.3 Å². The number of nitrogens with zero attached hydrogens (tertiary/aromatic N) is 3. The lowest BCUT2D eigenvalue weighted by Crippen LogP contribution is -1.99.